The highest BCUT2D eigenvalue weighted by molar-refractivity contribution is 9.10. The van der Waals surface area contributed by atoms with Crippen molar-refractivity contribution in [1.29, 1.82) is 0 Å². The molecule has 6 nitrogen and oxygen atoms in total. The van der Waals surface area contributed by atoms with E-state index in [2.05, 4.69) is 46.9 Å². The van der Waals surface area contributed by atoms with Crippen molar-refractivity contribution in [3.8, 4) is 17.4 Å². The van der Waals surface area contributed by atoms with Gasteiger partial charge in [-0.1, -0.05) is 11.6 Å². The number of benzene rings is 1. The van der Waals surface area contributed by atoms with Crippen LogP contribution in [-0.2, 0) is 0 Å². The molecule has 0 spiro atoms. The Morgan fingerprint density at radius 3 is 2.81 bits per heavy atom. The molecule has 3 aromatic heterocycles. The van der Waals surface area contributed by atoms with E-state index >= 15 is 0 Å². The van der Waals surface area contributed by atoms with Crippen LogP contribution in [0, 0.1) is 6.92 Å². The Kier molecular flexibility index (Phi) is 4.42. The summed E-state index contributed by atoms with van der Waals surface area (Å²) < 4.78 is 8.30. The van der Waals surface area contributed by atoms with Gasteiger partial charge in [-0.15, -0.1) is 0 Å². The maximum absolute atomic E-state index is 12.5. The average molecular weight is 497 g/mol. The van der Waals surface area contributed by atoms with Gasteiger partial charge in [-0.3, -0.25) is 0 Å². The average Bonchev–Trinajstić information content (AvgIpc) is 2.97. The summed E-state index contributed by atoms with van der Waals surface area (Å²) in [6.07, 6.45) is 1.65. The first-order valence-electron chi connectivity index (χ1n) is 7.42. The largest absolute Gasteiger partial charge is 0.401 e. The van der Waals surface area contributed by atoms with Gasteiger partial charge in [0, 0.05) is 17.3 Å². The van der Waals surface area contributed by atoms with Crippen LogP contribution in [-0.4, -0.2) is 19.7 Å². The summed E-state index contributed by atoms with van der Waals surface area (Å²) in [7, 11) is 0. The molecule has 0 saturated carbocycles. The second-order valence-corrected chi connectivity index (χ2v) is 7.60. The summed E-state index contributed by atoms with van der Waals surface area (Å²) in [6, 6.07) is 8.66. The molecule has 1 aromatic carbocycles. The highest BCUT2D eigenvalue weighted by atomic mass is 79.9. The van der Waals surface area contributed by atoms with Crippen molar-refractivity contribution in [2.75, 3.05) is 0 Å². The van der Waals surface area contributed by atoms with Crippen molar-refractivity contribution in [1.82, 2.24) is 19.7 Å². The number of pyridine rings is 1. The van der Waals surface area contributed by atoms with E-state index in [0.29, 0.717) is 32.0 Å². The highest BCUT2D eigenvalue weighted by Crippen LogP contribution is 2.28. The number of aryl methyl sites for hydroxylation is 1. The van der Waals surface area contributed by atoms with E-state index < -0.39 is 5.63 Å². The van der Waals surface area contributed by atoms with Crippen LogP contribution >= 0.6 is 43.5 Å². The third-order valence-electron chi connectivity index (χ3n) is 3.73. The fourth-order valence-electron chi connectivity index (χ4n) is 2.62. The van der Waals surface area contributed by atoms with Crippen LogP contribution in [0.25, 0.3) is 28.3 Å². The summed E-state index contributed by atoms with van der Waals surface area (Å²) in [5, 5.41) is 5.18. The third-order valence-corrected chi connectivity index (χ3v) is 4.95. The van der Waals surface area contributed by atoms with Crippen LogP contribution in [0.5, 0.6) is 0 Å². The smallest absolute Gasteiger partial charge is 0.347 e. The van der Waals surface area contributed by atoms with E-state index in [1.54, 1.807) is 35.1 Å². The lowest BCUT2D eigenvalue weighted by molar-refractivity contribution is 0.513. The number of nitrogens with zero attached hydrogens (tertiary/aromatic N) is 4. The quantitative estimate of drug-likeness (QED) is 0.394. The lowest BCUT2D eigenvalue weighted by Crippen LogP contribution is -2.08. The first-order valence-corrected chi connectivity index (χ1v) is 9.38. The van der Waals surface area contributed by atoms with Gasteiger partial charge in [0.2, 0.25) is 5.89 Å². The van der Waals surface area contributed by atoms with Gasteiger partial charge in [0.05, 0.1) is 15.4 Å². The van der Waals surface area contributed by atoms with Crippen molar-refractivity contribution in [3.63, 3.8) is 0 Å². The van der Waals surface area contributed by atoms with Gasteiger partial charge in [0.1, 0.15) is 10.3 Å². The zero-order chi connectivity index (χ0) is 18.4. The Bertz CT molecular complexity index is 1220. The predicted molar refractivity (Wildman–Crippen MR) is 106 cm³/mol. The Balaban J connectivity index is 2.01. The number of hydrogen-bond donors (Lipinski definition) is 0. The molecule has 0 fully saturated rings. The molecule has 0 saturated heterocycles. The lowest BCUT2D eigenvalue weighted by Gasteiger charge is -2.08. The Morgan fingerprint density at radius 2 is 2.04 bits per heavy atom. The molecule has 0 atom stereocenters. The summed E-state index contributed by atoms with van der Waals surface area (Å²) in [5.74, 6) is 0.689. The molecule has 130 valence electrons. The number of aromatic nitrogens is 4. The summed E-state index contributed by atoms with van der Waals surface area (Å²) in [6.45, 7) is 1.84. The molecule has 0 unspecified atom stereocenters. The summed E-state index contributed by atoms with van der Waals surface area (Å²) in [4.78, 5) is 21.3. The van der Waals surface area contributed by atoms with E-state index in [0.717, 1.165) is 10.0 Å². The normalized spacial score (nSPS) is 11.2. The third kappa shape index (κ3) is 2.98. The maximum Gasteiger partial charge on any atom is 0.347 e. The van der Waals surface area contributed by atoms with Crippen molar-refractivity contribution >= 4 is 54.4 Å². The minimum atomic E-state index is -0.514. The first kappa shape index (κ1) is 17.4. The van der Waals surface area contributed by atoms with Crippen molar-refractivity contribution < 1.29 is 4.42 Å². The molecular formula is C17H9Br2ClN4O2. The lowest BCUT2D eigenvalue weighted by atomic mass is 10.1. The van der Waals surface area contributed by atoms with Crippen LogP contribution in [0.15, 0.2) is 54.8 Å². The molecule has 26 heavy (non-hydrogen) atoms. The Labute approximate surface area is 169 Å². The topological polar surface area (TPSA) is 73.8 Å². The second kappa shape index (κ2) is 6.61. The minimum absolute atomic E-state index is 0.142. The predicted octanol–water partition coefficient (Wildman–Crippen LogP) is 4.92. The molecule has 0 aliphatic carbocycles. The molecule has 4 rings (SSSR count). The van der Waals surface area contributed by atoms with E-state index in [1.807, 2.05) is 13.0 Å². The van der Waals surface area contributed by atoms with Crippen molar-refractivity contribution in [2.24, 2.45) is 0 Å². The van der Waals surface area contributed by atoms with Gasteiger partial charge in [-0.2, -0.15) is 5.10 Å². The van der Waals surface area contributed by atoms with Gasteiger partial charge in [-0.25, -0.2) is 19.4 Å². The van der Waals surface area contributed by atoms with E-state index in [-0.39, 0.29) is 5.89 Å². The number of halogens is 3. The molecule has 0 aliphatic rings. The zero-order valence-corrected chi connectivity index (χ0v) is 17.1. The fourth-order valence-corrected chi connectivity index (χ4v) is 3.69. The van der Waals surface area contributed by atoms with E-state index in [1.165, 1.54) is 0 Å². The minimum Gasteiger partial charge on any atom is -0.401 e. The number of fused-ring (bicyclic) bond motifs is 1. The molecule has 0 bridgehead atoms. The molecule has 0 amide bonds. The molecule has 4 aromatic rings. The Morgan fingerprint density at radius 1 is 1.23 bits per heavy atom. The van der Waals surface area contributed by atoms with Gasteiger partial charge < -0.3 is 4.42 Å². The molecule has 0 N–H and O–H groups in total. The van der Waals surface area contributed by atoms with Crippen molar-refractivity contribution in [2.45, 2.75) is 6.92 Å². The number of rotatable bonds is 2. The van der Waals surface area contributed by atoms with Crippen LogP contribution in [0.1, 0.15) is 5.56 Å². The van der Waals surface area contributed by atoms with Crippen molar-refractivity contribution in [3.05, 3.63) is 66.6 Å². The van der Waals surface area contributed by atoms with E-state index in [9.17, 15) is 4.79 Å². The van der Waals surface area contributed by atoms with E-state index in [4.69, 9.17) is 16.0 Å². The zero-order valence-electron chi connectivity index (χ0n) is 13.2. The summed E-state index contributed by atoms with van der Waals surface area (Å²) >= 11 is 12.8. The van der Waals surface area contributed by atoms with Crippen LogP contribution in [0.2, 0.25) is 5.02 Å². The van der Waals surface area contributed by atoms with Crippen LogP contribution in [0.4, 0.5) is 0 Å². The van der Waals surface area contributed by atoms with Gasteiger partial charge in [0.15, 0.2) is 5.82 Å². The molecule has 0 aliphatic heterocycles. The molecule has 9 heteroatoms. The summed E-state index contributed by atoms with van der Waals surface area (Å²) in [5.41, 5.74) is 1.29. The standard InChI is InChI=1S/C17H9Br2ClN4O2/c1-8-5-9(20)6-10-14(8)22-16(26-17(10)25)12-7-13(19)23-24(12)15-11(18)3-2-4-21-15/h2-7H,1H3. The maximum atomic E-state index is 12.5. The fraction of sp³-hybridized carbons (Fsp3) is 0.0588. The Hall–Kier alpha value is -2.03. The molecular weight excluding hydrogens is 487 g/mol. The molecule has 0 radical (unpaired) electrons. The van der Waals surface area contributed by atoms with Crippen LogP contribution < -0.4 is 5.63 Å². The van der Waals surface area contributed by atoms with Gasteiger partial charge in [-0.05, 0) is 68.6 Å². The highest BCUT2D eigenvalue weighted by Gasteiger charge is 2.19. The number of hydrogen-bond acceptors (Lipinski definition) is 5. The van der Waals surface area contributed by atoms with Gasteiger partial charge >= 0.3 is 5.63 Å². The molecule has 3 heterocycles. The first-order chi connectivity index (χ1) is 12.4. The monoisotopic (exact) mass is 494 g/mol. The van der Waals surface area contributed by atoms with Gasteiger partial charge in [0.25, 0.3) is 0 Å². The second-order valence-electron chi connectivity index (χ2n) is 5.50. The SMILES string of the molecule is Cc1cc(Cl)cc2c(=O)oc(-c3cc(Br)nn3-c3ncccc3Br)nc12. The van der Waals surface area contributed by atoms with Crippen LogP contribution in [0.3, 0.4) is 0 Å².